The minimum atomic E-state index is 0.0271. The molecule has 1 aromatic rings. The Morgan fingerprint density at radius 3 is 2.59 bits per heavy atom. The Balaban J connectivity index is 1.36. The molecule has 3 aliphatic heterocycles. The predicted molar refractivity (Wildman–Crippen MR) is 107 cm³/mol. The highest BCUT2D eigenvalue weighted by atomic mass is 35.5. The van der Waals surface area contributed by atoms with Gasteiger partial charge in [-0.2, -0.15) is 5.26 Å². The molecule has 1 aromatic carbocycles. The summed E-state index contributed by atoms with van der Waals surface area (Å²) in [5.74, 6) is 0.177. The van der Waals surface area contributed by atoms with Gasteiger partial charge in [0, 0.05) is 40.8 Å². The van der Waals surface area contributed by atoms with E-state index in [0.29, 0.717) is 16.1 Å². The van der Waals surface area contributed by atoms with Crippen LogP contribution in [0.15, 0.2) is 18.2 Å². The van der Waals surface area contributed by atoms with E-state index in [1.165, 1.54) is 0 Å². The fourth-order valence-electron chi connectivity index (χ4n) is 4.94. The number of hydrogen-bond acceptors (Lipinski definition) is 4. The van der Waals surface area contributed by atoms with Crippen molar-refractivity contribution in [3.05, 3.63) is 28.2 Å². The highest BCUT2D eigenvalue weighted by molar-refractivity contribution is 6.35. The van der Waals surface area contributed by atoms with Crippen molar-refractivity contribution in [1.82, 2.24) is 10.2 Å². The minimum absolute atomic E-state index is 0.0271. The first-order valence-electron chi connectivity index (χ1n) is 9.74. The molecule has 4 atom stereocenters. The zero-order valence-corrected chi connectivity index (χ0v) is 16.7. The summed E-state index contributed by atoms with van der Waals surface area (Å²) < 4.78 is 0. The molecule has 27 heavy (non-hydrogen) atoms. The lowest BCUT2D eigenvalue weighted by Crippen LogP contribution is -2.45. The summed E-state index contributed by atoms with van der Waals surface area (Å²) >= 11 is 12.3. The zero-order chi connectivity index (χ0) is 19.0. The molecule has 0 aliphatic carbocycles. The van der Waals surface area contributed by atoms with E-state index >= 15 is 0 Å². The number of carbonyl (C=O) groups is 1. The lowest BCUT2D eigenvalue weighted by Gasteiger charge is -2.25. The maximum Gasteiger partial charge on any atom is 0.223 e. The van der Waals surface area contributed by atoms with E-state index in [2.05, 4.69) is 16.4 Å². The van der Waals surface area contributed by atoms with E-state index in [4.69, 9.17) is 23.2 Å². The number of rotatable bonds is 3. The summed E-state index contributed by atoms with van der Waals surface area (Å²) in [4.78, 5) is 17.0. The maximum absolute atomic E-state index is 12.9. The van der Waals surface area contributed by atoms with Gasteiger partial charge in [-0.05, 0) is 56.7 Å². The van der Waals surface area contributed by atoms with Crippen molar-refractivity contribution in [2.45, 2.75) is 56.7 Å². The molecule has 1 N–H and O–H groups in total. The fraction of sp³-hybridized carbons (Fsp3) is 0.600. The molecule has 4 rings (SSSR count). The Morgan fingerprint density at radius 1 is 1.11 bits per heavy atom. The minimum Gasteiger partial charge on any atom is -0.371 e. The molecule has 1 amide bonds. The normalized spacial score (nSPS) is 30.1. The number of amides is 1. The molecule has 0 saturated carbocycles. The van der Waals surface area contributed by atoms with Gasteiger partial charge in [-0.25, -0.2) is 0 Å². The first-order valence-corrected chi connectivity index (χ1v) is 10.5. The molecule has 7 heteroatoms. The van der Waals surface area contributed by atoms with E-state index < -0.39 is 0 Å². The van der Waals surface area contributed by atoms with E-state index in [1.807, 2.05) is 17.0 Å². The Hall–Kier alpha value is -1.64. The number of hydrogen-bond donors (Lipinski definition) is 1. The van der Waals surface area contributed by atoms with Crippen LogP contribution in [0.2, 0.25) is 10.0 Å². The van der Waals surface area contributed by atoms with Crippen LogP contribution in [0.25, 0.3) is 0 Å². The van der Waals surface area contributed by atoms with Crippen LogP contribution < -0.4 is 10.2 Å². The van der Waals surface area contributed by atoms with Crippen molar-refractivity contribution in [1.29, 1.82) is 5.26 Å². The largest absolute Gasteiger partial charge is 0.371 e. The first kappa shape index (κ1) is 18.7. The van der Waals surface area contributed by atoms with E-state index in [1.54, 1.807) is 6.07 Å². The fourth-order valence-corrected chi connectivity index (χ4v) is 5.45. The van der Waals surface area contributed by atoms with Crippen molar-refractivity contribution < 1.29 is 4.79 Å². The molecule has 5 nitrogen and oxygen atoms in total. The van der Waals surface area contributed by atoms with Crippen LogP contribution >= 0.6 is 23.2 Å². The Morgan fingerprint density at radius 2 is 1.89 bits per heavy atom. The molecule has 3 heterocycles. The van der Waals surface area contributed by atoms with Gasteiger partial charge in [0.1, 0.15) is 0 Å². The highest BCUT2D eigenvalue weighted by Gasteiger charge is 2.46. The molecule has 3 saturated heterocycles. The lowest BCUT2D eigenvalue weighted by molar-refractivity contribution is -0.126. The Labute approximate surface area is 170 Å². The molecule has 3 fully saturated rings. The average Bonchev–Trinajstić information content (AvgIpc) is 3.06. The van der Waals surface area contributed by atoms with Gasteiger partial charge in [-0.1, -0.05) is 23.2 Å². The van der Waals surface area contributed by atoms with Crippen LogP contribution in [-0.4, -0.2) is 42.0 Å². The monoisotopic (exact) mass is 406 g/mol. The number of nitriles is 1. The summed E-state index contributed by atoms with van der Waals surface area (Å²) in [5, 5.41) is 13.8. The van der Waals surface area contributed by atoms with Crippen LogP contribution in [0.3, 0.4) is 0 Å². The summed E-state index contributed by atoms with van der Waals surface area (Å²) in [6.45, 7) is 1.71. The lowest BCUT2D eigenvalue weighted by atomic mass is 9.93. The number of halogens is 2. The molecule has 3 aliphatic rings. The van der Waals surface area contributed by atoms with E-state index in [0.717, 1.165) is 57.3 Å². The van der Waals surface area contributed by atoms with Gasteiger partial charge in [0.2, 0.25) is 5.91 Å². The molecule has 0 spiro atoms. The number of nitrogens with one attached hydrogen (secondary N) is 1. The molecule has 2 bridgehead atoms. The summed E-state index contributed by atoms with van der Waals surface area (Å²) in [5.41, 5.74) is 1.02. The van der Waals surface area contributed by atoms with Crippen molar-refractivity contribution in [3.63, 3.8) is 0 Å². The molecule has 144 valence electrons. The molecular weight excluding hydrogens is 383 g/mol. The third-order valence-electron chi connectivity index (χ3n) is 6.29. The second-order valence-corrected chi connectivity index (χ2v) is 8.77. The van der Waals surface area contributed by atoms with Crippen LogP contribution in [0.4, 0.5) is 5.69 Å². The standard InChI is InChI=1S/C20H24Cl2N4O/c21-14-8-15(22)10-17(9-14)25-6-1-2-13(5-7-25)20(27)24-18-11-16-3-4-19(18)26(16)12-23/h8-10,13,16,18-19H,1-7,11H2,(H,24,27)/t13?,16-,18+,19-/m0/s1. The van der Waals surface area contributed by atoms with Crippen molar-refractivity contribution in [3.8, 4) is 6.19 Å². The highest BCUT2D eigenvalue weighted by Crippen LogP contribution is 2.37. The molecule has 0 radical (unpaired) electrons. The molecular formula is C20H24Cl2N4O. The zero-order valence-electron chi connectivity index (χ0n) is 15.2. The summed E-state index contributed by atoms with van der Waals surface area (Å²) in [6, 6.07) is 6.24. The number of carbonyl (C=O) groups excluding carboxylic acids is 1. The SMILES string of the molecule is N#CN1[C@H]2CC[C@H]1[C@H](NC(=O)C1CCCN(c3cc(Cl)cc(Cl)c3)CC1)C2. The van der Waals surface area contributed by atoms with Crippen molar-refractivity contribution >= 4 is 34.8 Å². The van der Waals surface area contributed by atoms with Crippen LogP contribution in [0.5, 0.6) is 0 Å². The van der Waals surface area contributed by atoms with Gasteiger partial charge in [0.05, 0.1) is 12.1 Å². The number of fused-ring (bicyclic) bond motifs is 2. The van der Waals surface area contributed by atoms with Crippen LogP contribution in [0.1, 0.15) is 38.5 Å². The Kier molecular flexibility index (Phi) is 5.39. The van der Waals surface area contributed by atoms with Gasteiger partial charge < -0.3 is 15.1 Å². The van der Waals surface area contributed by atoms with Gasteiger partial charge in [-0.3, -0.25) is 4.79 Å². The van der Waals surface area contributed by atoms with Crippen LogP contribution in [0, 0.1) is 17.4 Å². The van der Waals surface area contributed by atoms with Crippen molar-refractivity contribution in [2.24, 2.45) is 5.92 Å². The second-order valence-electron chi connectivity index (χ2n) is 7.90. The predicted octanol–water partition coefficient (Wildman–Crippen LogP) is 3.80. The van der Waals surface area contributed by atoms with Gasteiger partial charge in [0.25, 0.3) is 0 Å². The summed E-state index contributed by atoms with van der Waals surface area (Å²) in [6.07, 6.45) is 7.97. The Bertz CT molecular complexity index is 745. The van der Waals surface area contributed by atoms with Crippen molar-refractivity contribution in [2.75, 3.05) is 18.0 Å². The first-order chi connectivity index (χ1) is 13.0. The quantitative estimate of drug-likeness (QED) is 0.775. The second kappa shape index (κ2) is 7.77. The van der Waals surface area contributed by atoms with E-state index in [9.17, 15) is 10.1 Å². The van der Waals surface area contributed by atoms with E-state index in [-0.39, 0.29) is 23.9 Å². The van der Waals surface area contributed by atoms with Gasteiger partial charge in [-0.15, -0.1) is 0 Å². The molecule has 1 unspecified atom stereocenters. The number of anilines is 1. The third kappa shape index (κ3) is 3.83. The topological polar surface area (TPSA) is 59.4 Å². The molecule has 0 aromatic heterocycles. The number of benzene rings is 1. The summed E-state index contributed by atoms with van der Waals surface area (Å²) in [7, 11) is 0. The van der Waals surface area contributed by atoms with Crippen LogP contribution in [-0.2, 0) is 4.79 Å². The number of nitrogens with zero attached hydrogens (tertiary/aromatic N) is 3. The average molecular weight is 407 g/mol. The van der Waals surface area contributed by atoms with Gasteiger partial charge >= 0.3 is 0 Å². The van der Waals surface area contributed by atoms with Gasteiger partial charge in [0.15, 0.2) is 6.19 Å². The third-order valence-corrected chi connectivity index (χ3v) is 6.73. The maximum atomic E-state index is 12.9. The smallest absolute Gasteiger partial charge is 0.223 e.